The molecule has 0 radical (unpaired) electrons. The molecule has 5 nitrogen and oxygen atoms in total. The van der Waals surface area contributed by atoms with E-state index in [9.17, 15) is 59.6 Å². The van der Waals surface area contributed by atoms with Crippen LogP contribution in [-0.4, -0.2) is 21.3 Å². The summed E-state index contributed by atoms with van der Waals surface area (Å²) in [6.45, 7) is 0. The van der Waals surface area contributed by atoms with Crippen LogP contribution in [0.25, 0.3) is 11.1 Å². The summed E-state index contributed by atoms with van der Waals surface area (Å²) in [5.74, 6) is -31.5. The smallest absolute Gasteiger partial charge is 0.344 e. The number of carbonyl (C=O) groups is 1. The highest BCUT2D eigenvalue weighted by Crippen LogP contribution is 2.40. The Morgan fingerprint density at radius 1 is 0.576 bits per heavy atom. The first-order valence-electron chi connectivity index (χ1n) is 8.14. The molecule has 0 unspecified atom stereocenters. The average molecular weight is 484 g/mol. The van der Waals surface area contributed by atoms with Gasteiger partial charge in [-0.2, -0.15) is 8.78 Å². The van der Waals surface area contributed by atoms with Crippen LogP contribution >= 0.6 is 0 Å². The third-order valence-corrected chi connectivity index (χ3v) is 4.18. The molecule has 3 N–H and O–H groups in total. The highest BCUT2D eigenvalue weighted by Gasteiger charge is 2.35. The van der Waals surface area contributed by atoms with Gasteiger partial charge in [-0.15, -0.1) is 0 Å². The quantitative estimate of drug-likeness (QED) is 0.123. The van der Waals surface area contributed by atoms with Crippen molar-refractivity contribution >= 4 is 5.97 Å². The summed E-state index contributed by atoms with van der Waals surface area (Å²) < 4.78 is 129. The summed E-state index contributed by atoms with van der Waals surface area (Å²) in [6.07, 6.45) is 0. The Bertz CT molecular complexity index is 1260. The Labute approximate surface area is 175 Å². The standard InChI is InChI=1S/C19H5F9O5/c20-8-6(9(21)13(25)14(26)12(8)24)7-10(22)15(27)18(16(28)11(7)23)33-19(32)3-1-4(29)17(31)5(30)2-3/h1-2,29-31H. The topological polar surface area (TPSA) is 87.0 Å². The van der Waals surface area contributed by atoms with Gasteiger partial charge in [-0.1, -0.05) is 0 Å². The van der Waals surface area contributed by atoms with Crippen molar-refractivity contribution in [2.75, 3.05) is 0 Å². The van der Waals surface area contributed by atoms with Crippen molar-refractivity contribution in [3.8, 4) is 34.1 Å². The number of hydrogen-bond acceptors (Lipinski definition) is 5. The summed E-state index contributed by atoms with van der Waals surface area (Å²) in [4.78, 5) is 12.0. The maximum Gasteiger partial charge on any atom is 0.344 e. The zero-order valence-corrected chi connectivity index (χ0v) is 15.2. The van der Waals surface area contributed by atoms with Gasteiger partial charge in [0, 0.05) is 0 Å². The zero-order chi connectivity index (χ0) is 24.9. The molecule has 3 rings (SSSR count). The lowest BCUT2D eigenvalue weighted by Gasteiger charge is -2.14. The van der Waals surface area contributed by atoms with Crippen LogP contribution in [0.1, 0.15) is 10.4 Å². The average Bonchev–Trinajstić information content (AvgIpc) is 2.77. The number of halogens is 9. The van der Waals surface area contributed by atoms with E-state index in [0.717, 1.165) is 0 Å². The second kappa shape index (κ2) is 8.11. The third kappa shape index (κ3) is 3.62. The minimum atomic E-state index is -2.74. The molecule has 0 aliphatic rings. The number of hydrogen-bond donors (Lipinski definition) is 3. The molecule has 33 heavy (non-hydrogen) atoms. The number of aromatic hydroxyl groups is 3. The first-order chi connectivity index (χ1) is 15.3. The zero-order valence-electron chi connectivity index (χ0n) is 15.2. The van der Waals surface area contributed by atoms with Crippen LogP contribution in [0.15, 0.2) is 12.1 Å². The van der Waals surface area contributed by atoms with E-state index >= 15 is 0 Å². The largest absolute Gasteiger partial charge is 0.504 e. The van der Waals surface area contributed by atoms with Crippen molar-refractivity contribution in [3.63, 3.8) is 0 Å². The van der Waals surface area contributed by atoms with Gasteiger partial charge in [-0.05, 0) is 12.1 Å². The van der Waals surface area contributed by atoms with Crippen molar-refractivity contribution < 1.29 is 64.4 Å². The second-order valence-electron chi connectivity index (χ2n) is 6.16. The maximum absolute atomic E-state index is 14.4. The van der Waals surface area contributed by atoms with Crippen LogP contribution in [0.5, 0.6) is 23.0 Å². The van der Waals surface area contributed by atoms with E-state index in [-0.39, 0.29) is 0 Å². The van der Waals surface area contributed by atoms with E-state index in [2.05, 4.69) is 4.74 Å². The Balaban J connectivity index is 2.19. The molecular formula is C19H5F9O5. The van der Waals surface area contributed by atoms with Gasteiger partial charge < -0.3 is 20.1 Å². The minimum Gasteiger partial charge on any atom is -0.504 e. The fourth-order valence-corrected chi connectivity index (χ4v) is 2.62. The van der Waals surface area contributed by atoms with Gasteiger partial charge in [-0.25, -0.2) is 35.5 Å². The van der Waals surface area contributed by atoms with Crippen LogP contribution < -0.4 is 4.74 Å². The number of esters is 1. The van der Waals surface area contributed by atoms with Gasteiger partial charge in [0.1, 0.15) is 0 Å². The first-order valence-corrected chi connectivity index (χ1v) is 8.14. The molecule has 0 atom stereocenters. The molecule has 0 aliphatic heterocycles. The first kappa shape index (κ1) is 23.6. The van der Waals surface area contributed by atoms with Crippen LogP contribution in [0.4, 0.5) is 39.5 Å². The predicted octanol–water partition coefficient (Wildman–Crippen LogP) is 4.94. The predicted molar refractivity (Wildman–Crippen MR) is 87.9 cm³/mol. The number of carbonyl (C=O) groups excluding carboxylic acids is 1. The van der Waals surface area contributed by atoms with E-state index in [4.69, 9.17) is 0 Å². The van der Waals surface area contributed by atoms with E-state index in [1.807, 2.05) is 0 Å². The van der Waals surface area contributed by atoms with E-state index in [1.165, 1.54) is 0 Å². The van der Waals surface area contributed by atoms with Crippen LogP contribution in [0.2, 0.25) is 0 Å². The summed E-state index contributed by atoms with van der Waals surface area (Å²) >= 11 is 0. The van der Waals surface area contributed by atoms with Gasteiger partial charge >= 0.3 is 5.97 Å². The fourth-order valence-electron chi connectivity index (χ4n) is 2.62. The Morgan fingerprint density at radius 2 is 0.909 bits per heavy atom. The summed E-state index contributed by atoms with van der Waals surface area (Å²) in [5, 5.41) is 27.8. The normalized spacial score (nSPS) is 11.1. The van der Waals surface area contributed by atoms with Crippen LogP contribution in [0.3, 0.4) is 0 Å². The van der Waals surface area contributed by atoms with Crippen molar-refractivity contribution in [2.45, 2.75) is 0 Å². The Kier molecular flexibility index (Phi) is 5.79. The molecule has 0 bridgehead atoms. The highest BCUT2D eigenvalue weighted by atomic mass is 19.2. The lowest BCUT2D eigenvalue weighted by molar-refractivity contribution is 0.0716. The van der Waals surface area contributed by atoms with Crippen LogP contribution in [0, 0.1) is 52.4 Å². The molecule has 0 heterocycles. The van der Waals surface area contributed by atoms with Gasteiger partial charge in [0.25, 0.3) is 0 Å². The summed E-state index contributed by atoms with van der Waals surface area (Å²) in [5.41, 5.74) is -5.55. The molecule has 14 heteroatoms. The van der Waals surface area contributed by atoms with Gasteiger partial charge in [0.2, 0.25) is 23.2 Å². The van der Waals surface area contributed by atoms with E-state index in [1.54, 1.807) is 0 Å². The molecule has 3 aromatic carbocycles. The molecule has 0 saturated heterocycles. The molecule has 0 amide bonds. The molecule has 0 saturated carbocycles. The van der Waals surface area contributed by atoms with Crippen molar-refractivity contribution in [2.24, 2.45) is 0 Å². The maximum atomic E-state index is 14.4. The molecule has 0 aliphatic carbocycles. The fraction of sp³-hybridized carbons (Fsp3) is 0. The van der Waals surface area contributed by atoms with Gasteiger partial charge in [0.05, 0.1) is 16.7 Å². The molecule has 0 spiro atoms. The number of phenolic OH excluding ortho intramolecular Hbond substituents is 3. The monoisotopic (exact) mass is 484 g/mol. The number of rotatable bonds is 3. The molecule has 0 fully saturated rings. The second-order valence-corrected chi connectivity index (χ2v) is 6.16. The molecule has 3 aromatic rings. The lowest BCUT2D eigenvalue weighted by Crippen LogP contribution is -2.14. The summed E-state index contributed by atoms with van der Waals surface area (Å²) in [6, 6.07) is 0.839. The van der Waals surface area contributed by atoms with Crippen molar-refractivity contribution in [1.29, 1.82) is 0 Å². The van der Waals surface area contributed by atoms with Crippen molar-refractivity contribution in [1.82, 2.24) is 0 Å². The van der Waals surface area contributed by atoms with E-state index in [0.29, 0.717) is 12.1 Å². The molecular weight excluding hydrogens is 479 g/mol. The number of benzene rings is 3. The highest BCUT2D eigenvalue weighted by molar-refractivity contribution is 5.92. The van der Waals surface area contributed by atoms with Crippen LogP contribution in [-0.2, 0) is 0 Å². The Hall–Kier alpha value is -4.10. The minimum absolute atomic E-state index is 0.420. The number of ether oxygens (including phenoxy) is 1. The molecule has 174 valence electrons. The summed E-state index contributed by atoms with van der Waals surface area (Å²) in [7, 11) is 0. The van der Waals surface area contributed by atoms with Gasteiger partial charge in [-0.3, -0.25) is 0 Å². The SMILES string of the molecule is O=C(Oc1c(F)c(F)c(-c2c(F)c(F)c(F)c(F)c2F)c(F)c1F)c1cc(O)c(O)c(O)c1. The van der Waals surface area contributed by atoms with Crippen molar-refractivity contribution in [3.05, 3.63) is 70.1 Å². The Morgan fingerprint density at radius 3 is 1.30 bits per heavy atom. The third-order valence-electron chi connectivity index (χ3n) is 4.18. The van der Waals surface area contributed by atoms with Gasteiger partial charge in [0.15, 0.2) is 52.2 Å². The lowest BCUT2D eigenvalue weighted by atomic mass is 10.0. The molecule has 0 aromatic heterocycles. The van der Waals surface area contributed by atoms with E-state index < -0.39 is 98.0 Å². The number of phenols is 3.